The molecular formula is C19H20F3N5. The second-order valence-corrected chi connectivity index (χ2v) is 6.37. The summed E-state index contributed by atoms with van der Waals surface area (Å²) < 4.78 is 39.0. The van der Waals surface area contributed by atoms with Crippen molar-refractivity contribution in [2.45, 2.75) is 26.6 Å². The molecule has 3 aromatic rings. The first-order chi connectivity index (χ1) is 12.7. The van der Waals surface area contributed by atoms with Crippen molar-refractivity contribution in [2.24, 2.45) is 0 Å². The lowest BCUT2D eigenvalue weighted by atomic mass is 10.1. The first-order valence-electron chi connectivity index (χ1n) is 8.34. The van der Waals surface area contributed by atoms with Crippen molar-refractivity contribution in [1.82, 2.24) is 9.97 Å². The van der Waals surface area contributed by atoms with Crippen molar-refractivity contribution >= 4 is 28.1 Å². The van der Waals surface area contributed by atoms with Crippen LogP contribution in [-0.2, 0) is 12.7 Å². The van der Waals surface area contributed by atoms with Gasteiger partial charge in [0.05, 0.1) is 11.1 Å². The highest BCUT2D eigenvalue weighted by molar-refractivity contribution is 5.92. The van der Waals surface area contributed by atoms with Crippen LogP contribution < -0.4 is 16.4 Å². The average molecular weight is 375 g/mol. The molecule has 0 amide bonds. The Balaban J connectivity index is 1.97. The van der Waals surface area contributed by atoms with Crippen LogP contribution in [0.15, 0.2) is 30.3 Å². The van der Waals surface area contributed by atoms with Crippen LogP contribution in [0.3, 0.4) is 0 Å². The monoisotopic (exact) mass is 375 g/mol. The highest BCUT2D eigenvalue weighted by Crippen LogP contribution is 2.32. The molecule has 27 heavy (non-hydrogen) atoms. The zero-order valence-electron chi connectivity index (χ0n) is 15.2. The van der Waals surface area contributed by atoms with Crippen LogP contribution >= 0.6 is 0 Å². The second kappa shape index (κ2) is 6.94. The number of fused-ring (bicyclic) bond motifs is 1. The second-order valence-electron chi connectivity index (χ2n) is 6.37. The van der Waals surface area contributed by atoms with Gasteiger partial charge in [-0.25, -0.2) is 9.97 Å². The van der Waals surface area contributed by atoms with Crippen LogP contribution in [0, 0.1) is 13.8 Å². The number of benzene rings is 2. The van der Waals surface area contributed by atoms with Gasteiger partial charge >= 0.3 is 6.18 Å². The Morgan fingerprint density at radius 3 is 2.44 bits per heavy atom. The van der Waals surface area contributed by atoms with Gasteiger partial charge in [-0.15, -0.1) is 0 Å². The number of nitrogen functional groups attached to an aromatic ring is 1. The fourth-order valence-corrected chi connectivity index (χ4v) is 2.97. The highest BCUT2D eigenvalue weighted by atomic mass is 19.4. The van der Waals surface area contributed by atoms with Crippen LogP contribution in [0.5, 0.6) is 0 Å². The minimum atomic E-state index is -4.44. The molecule has 5 nitrogen and oxygen atoms in total. The molecule has 0 aliphatic carbocycles. The smallest absolute Gasteiger partial charge is 0.399 e. The number of halogens is 3. The summed E-state index contributed by atoms with van der Waals surface area (Å²) >= 11 is 0. The molecule has 0 atom stereocenters. The highest BCUT2D eigenvalue weighted by Gasteiger charge is 2.31. The Labute approximate surface area is 154 Å². The molecule has 2 aromatic carbocycles. The summed E-state index contributed by atoms with van der Waals surface area (Å²) in [6, 6.07) is 7.40. The molecule has 0 fully saturated rings. The Hall–Kier alpha value is -3.03. The van der Waals surface area contributed by atoms with E-state index in [1.807, 2.05) is 26.1 Å². The number of alkyl halides is 3. The SMILES string of the molecule is CNc1cc2c(NCc3cc(N)cc(C(F)(F)F)c3)nc(C)nc2cc1C. The van der Waals surface area contributed by atoms with E-state index in [0.717, 1.165) is 34.3 Å². The molecular weight excluding hydrogens is 355 g/mol. The van der Waals surface area contributed by atoms with Crippen molar-refractivity contribution < 1.29 is 13.2 Å². The maximum absolute atomic E-state index is 13.0. The third kappa shape index (κ3) is 4.05. The summed E-state index contributed by atoms with van der Waals surface area (Å²) in [5.74, 6) is 1.13. The molecule has 3 rings (SSSR count). The van der Waals surface area contributed by atoms with E-state index in [4.69, 9.17) is 5.73 Å². The van der Waals surface area contributed by atoms with Crippen molar-refractivity contribution in [1.29, 1.82) is 0 Å². The number of aromatic nitrogens is 2. The van der Waals surface area contributed by atoms with Gasteiger partial charge in [-0.05, 0) is 55.3 Å². The zero-order valence-corrected chi connectivity index (χ0v) is 15.2. The van der Waals surface area contributed by atoms with Gasteiger partial charge in [0.25, 0.3) is 0 Å². The molecule has 142 valence electrons. The van der Waals surface area contributed by atoms with Gasteiger partial charge < -0.3 is 16.4 Å². The predicted octanol–water partition coefficient (Wildman–Crippen LogP) is 4.50. The van der Waals surface area contributed by atoms with Crippen LogP contribution in [-0.4, -0.2) is 17.0 Å². The molecule has 1 heterocycles. The summed E-state index contributed by atoms with van der Waals surface area (Å²) in [6.45, 7) is 3.90. The van der Waals surface area contributed by atoms with Crippen molar-refractivity contribution in [2.75, 3.05) is 23.4 Å². The summed E-state index contributed by atoms with van der Waals surface area (Å²) in [4.78, 5) is 8.85. The number of rotatable bonds is 4. The first-order valence-corrected chi connectivity index (χ1v) is 8.34. The normalized spacial score (nSPS) is 11.6. The lowest BCUT2D eigenvalue weighted by Crippen LogP contribution is -2.09. The molecule has 0 radical (unpaired) electrons. The van der Waals surface area contributed by atoms with Crippen molar-refractivity contribution in [3.63, 3.8) is 0 Å². The molecule has 0 aliphatic heterocycles. The average Bonchev–Trinajstić information content (AvgIpc) is 2.57. The van der Waals surface area contributed by atoms with Crippen molar-refractivity contribution in [3.05, 3.63) is 52.8 Å². The maximum Gasteiger partial charge on any atom is 0.416 e. The number of nitrogens with one attached hydrogen (secondary N) is 2. The lowest BCUT2D eigenvalue weighted by molar-refractivity contribution is -0.137. The quantitative estimate of drug-likeness (QED) is 0.586. The molecule has 0 aliphatic rings. The molecule has 8 heteroatoms. The van der Waals surface area contributed by atoms with Crippen molar-refractivity contribution in [3.8, 4) is 0 Å². The lowest BCUT2D eigenvalue weighted by Gasteiger charge is -2.14. The number of nitrogens with zero attached hydrogens (tertiary/aromatic N) is 2. The third-order valence-electron chi connectivity index (χ3n) is 4.23. The Morgan fingerprint density at radius 2 is 1.78 bits per heavy atom. The largest absolute Gasteiger partial charge is 0.416 e. The summed E-state index contributed by atoms with van der Waals surface area (Å²) in [6.07, 6.45) is -4.44. The molecule has 0 spiro atoms. The predicted molar refractivity (Wildman–Crippen MR) is 102 cm³/mol. The number of aryl methyl sites for hydroxylation is 2. The third-order valence-corrected chi connectivity index (χ3v) is 4.23. The molecule has 0 bridgehead atoms. The minimum absolute atomic E-state index is 0.0680. The molecule has 1 aromatic heterocycles. The van der Waals surface area contributed by atoms with Crippen LogP contribution in [0.25, 0.3) is 10.9 Å². The Kier molecular flexibility index (Phi) is 4.82. The van der Waals surface area contributed by atoms with Gasteiger partial charge in [0, 0.05) is 30.4 Å². The van der Waals surface area contributed by atoms with Gasteiger partial charge in [0.2, 0.25) is 0 Å². The molecule has 0 unspecified atom stereocenters. The zero-order chi connectivity index (χ0) is 19.8. The molecule has 4 N–H and O–H groups in total. The van der Waals surface area contributed by atoms with Gasteiger partial charge in [-0.1, -0.05) is 0 Å². The molecule has 0 saturated carbocycles. The maximum atomic E-state index is 13.0. The van der Waals surface area contributed by atoms with Gasteiger partial charge in [0.1, 0.15) is 11.6 Å². The standard InChI is InChI=1S/C19H20F3N5/c1-10-4-17-15(8-16(10)24-3)18(27-11(2)26-17)25-9-12-5-13(19(20,21)22)7-14(23)6-12/h4-8,24H,9,23H2,1-3H3,(H,25,26,27). The van der Waals surface area contributed by atoms with E-state index < -0.39 is 11.7 Å². The summed E-state index contributed by atoms with van der Waals surface area (Å²) in [7, 11) is 1.82. The number of hydrogen-bond acceptors (Lipinski definition) is 5. The number of hydrogen-bond donors (Lipinski definition) is 3. The van der Waals surface area contributed by atoms with Gasteiger partial charge in [-0.2, -0.15) is 13.2 Å². The van der Waals surface area contributed by atoms with E-state index in [1.54, 1.807) is 6.92 Å². The Morgan fingerprint density at radius 1 is 1.04 bits per heavy atom. The van der Waals surface area contributed by atoms with E-state index in [-0.39, 0.29) is 12.2 Å². The van der Waals surface area contributed by atoms with Crippen LogP contribution in [0.1, 0.15) is 22.5 Å². The number of nitrogens with two attached hydrogens (primary N) is 1. The minimum Gasteiger partial charge on any atom is -0.399 e. The summed E-state index contributed by atoms with van der Waals surface area (Å²) in [5.41, 5.74) is 8.10. The van der Waals surface area contributed by atoms with Gasteiger partial charge in [0.15, 0.2) is 0 Å². The first kappa shape index (κ1) is 18.8. The summed E-state index contributed by atoms with van der Waals surface area (Å²) in [5, 5.41) is 7.02. The van der Waals surface area contributed by atoms with Crippen LogP contribution in [0.2, 0.25) is 0 Å². The Bertz CT molecular complexity index is 999. The number of anilines is 3. The van der Waals surface area contributed by atoms with Gasteiger partial charge in [-0.3, -0.25) is 0 Å². The molecule has 0 saturated heterocycles. The van der Waals surface area contributed by atoms with E-state index in [0.29, 0.717) is 17.2 Å². The topological polar surface area (TPSA) is 75.9 Å². The fourth-order valence-electron chi connectivity index (χ4n) is 2.97. The fraction of sp³-hybridized carbons (Fsp3) is 0.263. The van der Waals surface area contributed by atoms with E-state index >= 15 is 0 Å². The van der Waals surface area contributed by atoms with E-state index in [1.165, 1.54) is 6.07 Å². The van der Waals surface area contributed by atoms with Crippen LogP contribution in [0.4, 0.5) is 30.4 Å². The van der Waals surface area contributed by atoms with E-state index in [9.17, 15) is 13.2 Å². The van der Waals surface area contributed by atoms with E-state index in [2.05, 4.69) is 20.6 Å².